The largest absolute Gasteiger partial charge is 0.496 e. The first kappa shape index (κ1) is 12.7. The Hall–Kier alpha value is -1.78. The van der Waals surface area contributed by atoms with Crippen LogP contribution in [-0.2, 0) is 6.54 Å². The van der Waals surface area contributed by atoms with E-state index in [0.717, 1.165) is 31.0 Å². The van der Waals surface area contributed by atoms with Gasteiger partial charge in [-0.05, 0) is 24.6 Å². The Labute approximate surface area is 106 Å². The highest BCUT2D eigenvalue weighted by molar-refractivity contribution is 5.80. The highest BCUT2D eigenvalue weighted by atomic mass is 19.1. The quantitative estimate of drug-likeness (QED) is 0.887. The smallest absolute Gasteiger partial charge is 0.193 e. The van der Waals surface area contributed by atoms with Crippen molar-refractivity contribution in [2.24, 2.45) is 4.99 Å². The van der Waals surface area contributed by atoms with Crippen molar-refractivity contribution >= 4 is 5.96 Å². The third-order valence-corrected chi connectivity index (χ3v) is 2.95. The number of methoxy groups -OCH3 is 1. The molecule has 0 saturated carbocycles. The van der Waals surface area contributed by atoms with Crippen LogP contribution in [0.1, 0.15) is 12.0 Å². The Morgan fingerprint density at radius 3 is 3.06 bits per heavy atom. The fourth-order valence-corrected chi connectivity index (χ4v) is 1.97. The van der Waals surface area contributed by atoms with Crippen LogP contribution in [0, 0.1) is 5.82 Å². The fraction of sp³-hybridized carbons (Fsp3) is 0.462. The number of hydrogen-bond donors (Lipinski definition) is 1. The first-order valence-electron chi connectivity index (χ1n) is 6.02. The van der Waals surface area contributed by atoms with Gasteiger partial charge in [-0.2, -0.15) is 0 Å². The van der Waals surface area contributed by atoms with Gasteiger partial charge in [0.1, 0.15) is 11.6 Å². The van der Waals surface area contributed by atoms with E-state index in [-0.39, 0.29) is 5.82 Å². The molecule has 5 heteroatoms. The molecule has 18 heavy (non-hydrogen) atoms. The van der Waals surface area contributed by atoms with Crippen LogP contribution in [0.5, 0.6) is 5.75 Å². The Morgan fingerprint density at radius 1 is 1.50 bits per heavy atom. The van der Waals surface area contributed by atoms with Gasteiger partial charge in [-0.15, -0.1) is 0 Å². The van der Waals surface area contributed by atoms with E-state index < -0.39 is 0 Å². The molecule has 0 bridgehead atoms. The van der Waals surface area contributed by atoms with Gasteiger partial charge in [-0.25, -0.2) is 4.39 Å². The van der Waals surface area contributed by atoms with E-state index >= 15 is 0 Å². The number of guanidine groups is 1. The van der Waals surface area contributed by atoms with E-state index in [1.165, 1.54) is 12.1 Å². The summed E-state index contributed by atoms with van der Waals surface area (Å²) in [5, 5.41) is 3.22. The highest BCUT2D eigenvalue weighted by Gasteiger charge is 2.11. The standard InChI is InChI=1S/C13H18FN3O/c1-17-7-3-6-15-13(17)16-9-10-8-11(14)4-5-12(10)18-2/h4-5,8H,3,6-7,9H2,1-2H3,(H,15,16). The van der Waals surface area contributed by atoms with E-state index in [1.54, 1.807) is 13.2 Å². The van der Waals surface area contributed by atoms with Crippen LogP contribution in [0.15, 0.2) is 23.2 Å². The van der Waals surface area contributed by atoms with E-state index in [9.17, 15) is 4.39 Å². The molecule has 0 aliphatic carbocycles. The zero-order valence-corrected chi connectivity index (χ0v) is 10.7. The number of ether oxygens (including phenoxy) is 1. The minimum Gasteiger partial charge on any atom is -0.496 e. The number of hydrogen-bond acceptors (Lipinski definition) is 4. The van der Waals surface area contributed by atoms with Crippen LogP contribution in [-0.4, -0.2) is 38.1 Å². The summed E-state index contributed by atoms with van der Waals surface area (Å²) < 4.78 is 18.4. The second-order valence-corrected chi connectivity index (χ2v) is 4.29. The Morgan fingerprint density at radius 2 is 2.33 bits per heavy atom. The number of nitrogens with one attached hydrogen (secondary N) is 1. The summed E-state index contributed by atoms with van der Waals surface area (Å²) in [6.07, 6.45) is 1.07. The third kappa shape index (κ3) is 2.91. The Balaban J connectivity index is 2.05. The number of benzene rings is 1. The maximum Gasteiger partial charge on any atom is 0.193 e. The lowest BCUT2D eigenvalue weighted by molar-refractivity contribution is 0.405. The normalized spacial score (nSPS) is 15.3. The number of halogens is 1. The highest BCUT2D eigenvalue weighted by Crippen LogP contribution is 2.19. The second kappa shape index (κ2) is 5.71. The summed E-state index contributed by atoms with van der Waals surface area (Å²) in [6.45, 7) is 2.34. The van der Waals surface area contributed by atoms with Gasteiger partial charge in [0, 0.05) is 32.2 Å². The molecule has 0 fully saturated rings. The summed E-state index contributed by atoms with van der Waals surface area (Å²) >= 11 is 0. The van der Waals surface area contributed by atoms with Crippen molar-refractivity contribution in [3.05, 3.63) is 29.6 Å². The van der Waals surface area contributed by atoms with Gasteiger partial charge in [0.05, 0.1) is 7.11 Å². The molecule has 1 aromatic rings. The molecule has 0 unspecified atom stereocenters. The van der Waals surface area contributed by atoms with Gasteiger partial charge in [0.15, 0.2) is 5.96 Å². The monoisotopic (exact) mass is 251 g/mol. The molecule has 4 nitrogen and oxygen atoms in total. The molecule has 0 atom stereocenters. The average Bonchev–Trinajstić information content (AvgIpc) is 2.38. The lowest BCUT2D eigenvalue weighted by Crippen LogP contribution is -2.41. The van der Waals surface area contributed by atoms with Gasteiger partial charge in [0.2, 0.25) is 0 Å². The lowest BCUT2D eigenvalue weighted by Gasteiger charge is -2.25. The molecule has 1 N–H and O–H groups in total. The summed E-state index contributed by atoms with van der Waals surface area (Å²) in [5.74, 6) is 1.28. The Bertz CT molecular complexity index is 448. The average molecular weight is 251 g/mol. The zero-order valence-electron chi connectivity index (χ0n) is 10.7. The van der Waals surface area contributed by atoms with Crippen LogP contribution < -0.4 is 10.1 Å². The van der Waals surface area contributed by atoms with Crippen molar-refractivity contribution in [2.45, 2.75) is 13.0 Å². The zero-order chi connectivity index (χ0) is 13.0. The maximum atomic E-state index is 13.2. The molecule has 0 spiro atoms. The number of nitrogens with zero attached hydrogens (tertiary/aromatic N) is 2. The van der Waals surface area contributed by atoms with Gasteiger partial charge in [-0.1, -0.05) is 0 Å². The molecule has 0 radical (unpaired) electrons. The summed E-state index contributed by atoms with van der Waals surface area (Å²) in [4.78, 5) is 6.47. The van der Waals surface area contributed by atoms with Gasteiger partial charge < -0.3 is 15.0 Å². The molecule has 0 aromatic heterocycles. The van der Waals surface area contributed by atoms with E-state index in [4.69, 9.17) is 4.74 Å². The van der Waals surface area contributed by atoms with Crippen LogP contribution in [0.3, 0.4) is 0 Å². The molecule has 1 aromatic carbocycles. The Kier molecular flexibility index (Phi) is 4.02. The molecule has 0 saturated heterocycles. The topological polar surface area (TPSA) is 36.9 Å². The van der Waals surface area contributed by atoms with Crippen LogP contribution in [0.25, 0.3) is 0 Å². The molecular formula is C13H18FN3O. The van der Waals surface area contributed by atoms with Crippen LogP contribution >= 0.6 is 0 Å². The van der Waals surface area contributed by atoms with Crippen molar-refractivity contribution in [3.63, 3.8) is 0 Å². The number of rotatable bonds is 3. The number of aliphatic imine (C=N–C) groups is 1. The molecular weight excluding hydrogens is 233 g/mol. The molecule has 2 rings (SSSR count). The van der Waals surface area contributed by atoms with Crippen LogP contribution in [0.2, 0.25) is 0 Å². The summed E-state index contributed by atoms with van der Waals surface area (Å²) in [5.41, 5.74) is 0.791. The van der Waals surface area contributed by atoms with Crippen molar-refractivity contribution < 1.29 is 9.13 Å². The molecule has 98 valence electrons. The summed E-state index contributed by atoms with van der Waals surface area (Å²) in [7, 11) is 3.58. The first-order chi connectivity index (χ1) is 8.70. The molecule has 0 amide bonds. The predicted molar refractivity (Wildman–Crippen MR) is 69.3 cm³/mol. The van der Waals surface area contributed by atoms with Gasteiger partial charge in [0.25, 0.3) is 0 Å². The predicted octanol–water partition coefficient (Wildman–Crippen LogP) is 1.62. The SMILES string of the molecule is COc1ccc(F)cc1CNC1=NCCCN1C. The first-order valence-corrected chi connectivity index (χ1v) is 6.02. The lowest BCUT2D eigenvalue weighted by atomic mass is 10.2. The third-order valence-electron chi connectivity index (χ3n) is 2.95. The van der Waals surface area contributed by atoms with Crippen molar-refractivity contribution in [2.75, 3.05) is 27.2 Å². The molecule has 1 heterocycles. The summed E-state index contributed by atoms with van der Waals surface area (Å²) in [6, 6.07) is 4.51. The van der Waals surface area contributed by atoms with Gasteiger partial charge in [-0.3, -0.25) is 4.99 Å². The van der Waals surface area contributed by atoms with E-state index in [0.29, 0.717) is 12.3 Å². The van der Waals surface area contributed by atoms with E-state index in [1.807, 2.05) is 7.05 Å². The second-order valence-electron chi connectivity index (χ2n) is 4.29. The molecule has 1 aliphatic rings. The van der Waals surface area contributed by atoms with Crippen LogP contribution in [0.4, 0.5) is 4.39 Å². The maximum absolute atomic E-state index is 13.2. The van der Waals surface area contributed by atoms with Crippen molar-refractivity contribution in [3.8, 4) is 5.75 Å². The van der Waals surface area contributed by atoms with Gasteiger partial charge >= 0.3 is 0 Å². The van der Waals surface area contributed by atoms with E-state index in [2.05, 4.69) is 15.2 Å². The minimum atomic E-state index is -0.258. The fourth-order valence-electron chi connectivity index (χ4n) is 1.97. The van der Waals surface area contributed by atoms with Crippen molar-refractivity contribution in [1.29, 1.82) is 0 Å². The minimum absolute atomic E-state index is 0.258. The molecule has 1 aliphatic heterocycles. The van der Waals surface area contributed by atoms with Crippen molar-refractivity contribution in [1.82, 2.24) is 10.2 Å².